The molecule has 1 amide bonds. The predicted octanol–water partition coefficient (Wildman–Crippen LogP) is 7.11. The molecule has 12 heteroatoms. The van der Waals surface area contributed by atoms with Crippen LogP contribution in [0.1, 0.15) is 24.8 Å². The van der Waals surface area contributed by atoms with Crippen LogP contribution in [0.15, 0.2) is 72.8 Å². The summed E-state index contributed by atoms with van der Waals surface area (Å²) in [5.74, 6) is -2.78. The molecule has 0 aliphatic carbocycles. The van der Waals surface area contributed by atoms with Crippen LogP contribution in [0.4, 0.5) is 32.0 Å². The van der Waals surface area contributed by atoms with Crippen molar-refractivity contribution in [2.45, 2.75) is 38.2 Å². The van der Waals surface area contributed by atoms with Gasteiger partial charge < -0.3 is 14.2 Å². The van der Waals surface area contributed by atoms with E-state index in [0.29, 0.717) is 30.4 Å². The van der Waals surface area contributed by atoms with Gasteiger partial charge >= 0.3 is 24.4 Å². The quantitative estimate of drug-likeness (QED) is 0.104. The van der Waals surface area contributed by atoms with E-state index in [1.165, 1.54) is 30.3 Å². The van der Waals surface area contributed by atoms with Gasteiger partial charge in [-0.2, -0.15) is 13.2 Å². The van der Waals surface area contributed by atoms with E-state index in [1.54, 1.807) is 0 Å². The van der Waals surface area contributed by atoms with E-state index in [4.69, 9.17) is 4.74 Å². The van der Waals surface area contributed by atoms with Crippen LogP contribution < -0.4 is 14.4 Å². The zero-order valence-corrected chi connectivity index (χ0v) is 21.9. The fourth-order valence-corrected chi connectivity index (χ4v) is 3.93. The normalized spacial score (nSPS) is 11.6. The molecule has 0 radical (unpaired) electrons. The zero-order chi connectivity index (χ0) is 30.0. The fraction of sp³-hybridized carbons (Fsp3) is 0.310. The summed E-state index contributed by atoms with van der Waals surface area (Å²) in [6.07, 6.45) is -8.88. The van der Waals surface area contributed by atoms with Gasteiger partial charge in [-0.3, -0.25) is 9.69 Å². The maximum Gasteiger partial charge on any atom is 0.573 e. The molecule has 220 valence electrons. The lowest BCUT2D eigenvalue weighted by Gasteiger charge is -2.25. The maximum absolute atomic E-state index is 13.0. The molecule has 3 rings (SSSR count). The number of hydrogen-bond acceptors (Lipinski definition) is 5. The molecule has 0 heterocycles. The highest BCUT2D eigenvalue weighted by Crippen LogP contribution is 2.36. The molecule has 3 aromatic carbocycles. The van der Waals surface area contributed by atoms with Crippen LogP contribution in [0.3, 0.4) is 0 Å². The number of esters is 1. The Morgan fingerprint density at radius 1 is 0.829 bits per heavy atom. The van der Waals surface area contributed by atoms with Crippen molar-refractivity contribution in [2.24, 2.45) is 0 Å². The SMILES string of the molecule is COC(=O)C(=O)N(CCCCc1ccccc1)c1cc(-c2ccc(OC(F)(F)F)cc2)ccc1OCCC(F)(F)F. The zero-order valence-electron chi connectivity index (χ0n) is 21.9. The van der Waals surface area contributed by atoms with E-state index in [1.807, 2.05) is 30.3 Å². The van der Waals surface area contributed by atoms with Gasteiger partial charge in [-0.05, 0) is 60.2 Å². The molecule has 0 saturated carbocycles. The Hall–Kier alpha value is -4.22. The number of alkyl halides is 6. The number of anilines is 1. The Balaban J connectivity index is 1.93. The maximum atomic E-state index is 13.0. The van der Waals surface area contributed by atoms with Gasteiger partial charge in [0.05, 0.1) is 25.8 Å². The number of unbranched alkanes of at least 4 members (excludes halogenated alkanes) is 1. The minimum atomic E-state index is -4.88. The number of amides is 1. The first-order valence-electron chi connectivity index (χ1n) is 12.5. The number of rotatable bonds is 11. The Labute approximate surface area is 232 Å². The lowest BCUT2D eigenvalue weighted by atomic mass is 10.0. The molecule has 0 fully saturated rings. The fourth-order valence-electron chi connectivity index (χ4n) is 3.93. The van der Waals surface area contributed by atoms with Crippen LogP contribution in [0.2, 0.25) is 0 Å². The number of halogens is 6. The highest BCUT2D eigenvalue weighted by atomic mass is 19.4. The number of ether oxygens (including phenoxy) is 3. The van der Waals surface area contributed by atoms with Crippen LogP contribution in [0.5, 0.6) is 11.5 Å². The van der Waals surface area contributed by atoms with Crippen LogP contribution in [0.25, 0.3) is 11.1 Å². The number of aryl methyl sites for hydroxylation is 1. The molecule has 3 aromatic rings. The Morgan fingerprint density at radius 2 is 1.49 bits per heavy atom. The Morgan fingerprint density at radius 3 is 2.10 bits per heavy atom. The van der Waals surface area contributed by atoms with Crippen molar-refractivity contribution >= 4 is 17.6 Å². The van der Waals surface area contributed by atoms with Crippen molar-refractivity contribution in [3.8, 4) is 22.6 Å². The van der Waals surface area contributed by atoms with E-state index in [-0.39, 0.29) is 18.0 Å². The van der Waals surface area contributed by atoms with Gasteiger partial charge in [-0.1, -0.05) is 48.5 Å². The minimum Gasteiger partial charge on any atom is -0.491 e. The second kappa shape index (κ2) is 13.9. The lowest BCUT2D eigenvalue weighted by Crippen LogP contribution is -2.38. The number of carbonyl (C=O) groups excluding carboxylic acids is 2. The van der Waals surface area contributed by atoms with Crippen LogP contribution >= 0.6 is 0 Å². The molecule has 0 unspecified atom stereocenters. The summed E-state index contributed by atoms with van der Waals surface area (Å²) in [5, 5.41) is 0. The van der Waals surface area contributed by atoms with Gasteiger partial charge in [0.2, 0.25) is 0 Å². The number of carbonyl (C=O) groups is 2. The third-order valence-electron chi connectivity index (χ3n) is 5.86. The molecule has 0 saturated heterocycles. The van der Waals surface area contributed by atoms with E-state index in [2.05, 4.69) is 9.47 Å². The molecule has 41 heavy (non-hydrogen) atoms. The third kappa shape index (κ3) is 10.0. The van der Waals surface area contributed by atoms with Crippen LogP contribution in [-0.4, -0.2) is 44.7 Å². The molecule has 0 spiro atoms. The molecule has 0 N–H and O–H groups in total. The van der Waals surface area contributed by atoms with E-state index < -0.39 is 43.2 Å². The standard InChI is InChI=1S/C29H27F6NO5/c1-39-27(38)26(37)36(17-6-5-9-20-7-3-2-4-8-20)24-19-22(12-15-25(24)40-18-16-28(30,31)32)21-10-13-23(14-11-21)41-29(33,34)35/h2-4,7-8,10-15,19H,5-6,9,16-18H2,1H3. The highest BCUT2D eigenvalue weighted by molar-refractivity contribution is 6.38. The van der Waals surface area contributed by atoms with Gasteiger partial charge in [0.15, 0.2) is 0 Å². The molecular weight excluding hydrogens is 556 g/mol. The number of hydrogen-bond donors (Lipinski definition) is 0. The topological polar surface area (TPSA) is 65.1 Å². The van der Waals surface area contributed by atoms with Crippen LogP contribution in [-0.2, 0) is 20.7 Å². The van der Waals surface area contributed by atoms with Crippen molar-refractivity contribution in [1.29, 1.82) is 0 Å². The highest BCUT2D eigenvalue weighted by Gasteiger charge is 2.31. The number of benzene rings is 3. The average Bonchev–Trinajstić information content (AvgIpc) is 2.92. The van der Waals surface area contributed by atoms with E-state index in [0.717, 1.165) is 29.7 Å². The molecule has 6 nitrogen and oxygen atoms in total. The summed E-state index contributed by atoms with van der Waals surface area (Å²) < 4.78 is 89.8. The average molecular weight is 584 g/mol. The first-order chi connectivity index (χ1) is 19.4. The molecular formula is C29H27F6NO5. The van der Waals surface area contributed by atoms with Gasteiger partial charge in [0.25, 0.3) is 0 Å². The molecule has 0 aromatic heterocycles. The predicted molar refractivity (Wildman–Crippen MR) is 138 cm³/mol. The Kier molecular flexibility index (Phi) is 10.6. The number of nitrogens with zero attached hydrogens (tertiary/aromatic N) is 1. The molecule has 0 bridgehead atoms. The summed E-state index contributed by atoms with van der Waals surface area (Å²) in [6.45, 7) is -0.730. The molecule has 0 aliphatic rings. The largest absolute Gasteiger partial charge is 0.573 e. The first kappa shape index (κ1) is 31.3. The first-order valence-corrected chi connectivity index (χ1v) is 12.5. The van der Waals surface area contributed by atoms with Gasteiger partial charge in [-0.15, -0.1) is 13.2 Å². The second-order valence-corrected chi connectivity index (χ2v) is 8.86. The Bertz CT molecular complexity index is 1290. The lowest BCUT2D eigenvalue weighted by molar-refractivity contribution is -0.274. The van der Waals surface area contributed by atoms with Gasteiger partial charge in [0.1, 0.15) is 11.5 Å². The molecule has 0 atom stereocenters. The van der Waals surface area contributed by atoms with Gasteiger partial charge in [0, 0.05) is 6.54 Å². The summed E-state index contributed by atoms with van der Waals surface area (Å²) in [6, 6.07) is 18.6. The van der Waals surface area contributed by atoms with E-state index in [9.17, 15) is 35.9 Å². The second-order valence-electron chi connectivity index (χ2n) is 8.86. The monoisotopic (exact) mass is 583 g/mol. The van der Waals surface area contributed by atoms with Crippen molar-refractivity contribution in [1.82, 2.24) is 0 Å². The summed E-state index contributed by atoms with van der Waals surface area (Å²) in [4.78, 5) is 26.4. The summed E-state index contributed by atoms with van der Waals surface area (Å²) in [7, 11) is 1.02. The van der Waals surface area contributed by atoms with Gasteiger partial charge in [-0.25, -0.2) is 4.79 Å². The molecule has 0 aliphatic heterocycles. The number of methoxy groups -OCH3 is 1. The van der Waals surface area contributed by atoms with Crippen molar-refractivity contribution in [2.75, 3.05) is 25.2 Å². The van der Waals surface area contributed by atoms with Crippen LogP contribution in [0, 0.1) is 0 Å². The minimum absolute atomic E-state index is 0.00963. The smallest absolute Gasteiger partial charge is 0.491 e. The van der Waals surface area contributed by atoms with Crippen molar-refractivity contribution in [3.05, 3.63) is 78.4 Å². The van der Waals surface area contributed by atoms with Crippen molar-refractivity contribution < 1.29 is 50.1 Å². The van der Waals surface area contributed by atoms with Crippen molar-refractivity contribution in [3.63, 3.8) is 0 Å². The third-order valence-corrected chi connectivity index (χ3v) is 5.86. The summed E-state index contributed by atoms with van der Waals surface area (Å²) in [5.41, 5.74) is 1.88. The summed E-state index contributed by atoms with van der Waals surface area (Å²) >= 11 is 0. The van der Waals surface area contributed by atoms with E-state index >= 15 is 0 Å².